The Balaban J connectivity index is 3.19. The number of hydrogen-bond acceptors (Lipinski definition) is 6. The van der Waals surface area contributed by atoms with Crippen LogP contribution in [0.15, 0.2) is 12.1 Å². The van der Waals surface area contributed by atoms with E-state index in [9.17, 15) is 36.7 Å². The minimum absolute atomic E-state index is 0.00495. The molecular formula is C17H21F4N5O5. The highest BCUT2D eigenvalue weighted by Gasteiger charge is 2.30. The van der Waals surface area contributed by atoms with E-state index in [1.165, 1.54) is 6.92 Å². The molecule has 0 aromatic heterocycles. The van der Waals surface area contributed by atoms with E-state index in [1.807, 2.05) is 0 Å². The molecule has 4 amide bonds. The molecular weight excluding hydrogens is 430 g/mol. The lowest BCUT2D eigenvalue weighted by Gasteiger charge is -2.19. The van der Waals surface area contributed by atoms with Crippen LogP contribution in [-0.4, -0.2) is 56.7 Å². The van der Waals surface area contributed by atoms with Gasteiger partial charge in [-0.3, -0.25) is 19.7 Å². The van der Waals surface area contributed by atoms with Crippen molar-refractivity contribution in [3.63, 3.8) is 0 Å². The molecule has 1 rings (SSSR count). The molecule has 1 atom stereocenters. The topological polar surface area (TPSA) is 152 Å². The molecule has 0 aliphatic carbocycles. The number of benzene rings is 1. The van der Waals surface area contributed by atoms with Gasteiger partial charge in [-0.2, -0.15) is 13.2 Å². The Hall–Kier alpha value is -3.42. The van der Waals surface area contributed by atoms with E-state index in [-0.39, 0.29) is 30.8 Å². The minimum Gasteiger partial charge on any atom is -0.448 e. The fourth-order valence-electron chi connectivity index (χ4n) is 2.26. The molecule has 0 radical (unpaired) electrons. The van der Waals surface area contributed by atoms with E-state index in [1.54, 1.807) is 5.32 Å². The molecule has 0 bridgehead atoms. The number of amides is 4. The molecule has 0 spiro atoms. The van der Waals surface area contributed by atoms with Crippen LogP contribution in [0.5, 0.6) is 0 Å². The molecule has 1 aromatic rings. The third kappa shape index (κ3) is 8.86. The molecule has 0 heterocycles. The number of alkyl halides is 3. The molecule has 1 unspecified atom stereocenters. The molecule has 0 fully saturated rings. The lowest BCUT2D eigenvalue weighted by molar-refractivity contribution is -0.139. The summed E-state index contributed by atoms with van der Waals surface area (Å²) in [5, 5.41) is 8.11. The summed E-state index contributed by atoms with van der Waals surface area (Å²) in [7, 11) is 0. The SMILES string of the molecule is CC(C(=O)NCC(F)(F)F)c1cc(F)c(NC(=O)CNC=O)cc1NC(=O)OCCN. The Morgan fingerprint density at radius 1 is 1.19 bits per heavy atom. The third-order valence-corrected chi connectivity index (χ3v) is 3.67. The molecule has 1 aromatic carbocycles. The second kappa shape index (κ2) is 11.7. The summed E-state index contributed by atoms with van der Waals surface area (Å²) in [5.74, 6) is -4.23. The molecule has 0 saturated heterocycles. The normalized spacial score (nSPS) is 11.8. The van der Waals surface area contributed by atoms with Gasteiger partial charge >= 0.3 is 12.3 Å². The van der Waals surface area contributed by atoms with Gasteiger partial charge in [0.05, 0.1) is 23.8 Å². The zero-order valence-electron chi connectivity index (χ0n) is 16.3. The summed E-state index contributed by atoms with van der Waals surface area (Å²) < 4.78 is 56.3. The molecule has 0 saturated carbocycles. The number of carbonyl (C=O) groups is 4. The van der Waals surface area contributed by atoms with Crippen molar-refractivity contribution >= 4 is 35.7 Å². The third-order valence-electron chi connectivity index (χ3n) is 3.67. The lowest BCUT2D eigenvalue weighted by Crippen LogP contribution is -2.36. The summed E-state index contributed by atoms with van der Waals surface area (Å²) in [5.41, 5.74) is 4.43. The van der Waals surface area contributed by atoms with Crippen LogP contribution in [0.25, 0.3) is 0 Å². The van der Waals surface area contributed by atoms with E-state index in [0.29, 0.717) is 0 Å². The van der Waals surface area contributed by atoms with Gasteiger partial charge < -0.3 is 26.4 Å². The van der Waals surface area contributed by atoms with Crippen molar-refractivity contribution in [3.8, 4) is 0 Å². The Kier molecular flexibility index (Phi) is 9.66. The molecule has 10 nitrogen and oxygen atoms in total. The van der Waals surface area contributed by atoms with Gasteiger partial charge in [-0.1, -0.05) is 0 Å². The number of nitrogens with two attached hydrogens (primary N) is 1. The van der Waals surface area contributed by atoms with Crippen molar-refractivity contribution in [2.75, 3.05) is 36.9 Å². The first kappa shape index (κ1) is 25.6. The van der Waals surface area contributed by atoms with Gasteiger partial charge in [-0.25, -0.2) is 9.18 Å². The van der Waals surface area contributed by atoms with Crippen molar-refractivity contribution in [2.24, 2.45) is 5.73 Å². The zero-order chi connectivity index (χ0) is 23.6. The number of nitrogens with one attached hydrogen (secondary N) is 4. The van der Waals surface area contributed by atoms with Gasteiger partial charge in [-0.15, -0.1) is 0 Å². The first-order valence-corrected chi connectivity index (χ1v) is 8.77. The summed E-state index contributed by atoms with van der Waals surface area (Å²) >= 11 is 0. The molecule has 14 heteroatoms. The van der Waals surface area contributed by atoms with Crippen LogP contribution >= 0.6 is 0 Å². The van der Waals surface area contributed by atoms with Gasteiger partial charge in [0.1, 0.15) is 19.0 Å². The number of rotatable bonds is 10. The zero-order valence-corrected chi connectivity index (χ0v) is 16.3. The largest absolute Gasteiger partial charge is 0.448 e. The van der Waals surface area contributed by atoms with Crippen molar-refractivity contribution < 1.29 is 41.5 Å². The Labute approximate surface area is 173 Å². The van der Waals surface area contributed by atoms with Crippen LogP contribution in [0.3, 0.4) is 0 Å². The average Bonchev–Trinajstić information content (AvgIpc) is 2.69. The Morgan fingerprint density at radius 2 is 1.87 bits per heavy atom. The summed E-state index contributed by atoms with van der Waals surface area (Å²) in [4.78, 5) is 45.9. The van der Waals surface area contributed by atoms with Crippen LogP contribution < -0.4 is 27.0 Å². The Morgan fingerprint density at radius 3 is 2.45 bits per heavy atom. The van der Waals surface area contributed by atoms with Gasteiger partial charge in [0.2, 0.25) is 18.2 Å². The second-order valence-electron chi connectivity index (χ2n) is 6.07. The molecule has 6 N–H and O–H groups in total. The van der Waals surface area contributed by atoms with Crippen molar-refractivity contribution in [2.45, 2.75) is 19.0 Å². The van der Waals surface area contributed by atoms with E-state index < -0.39 is 54.6 Å². The smallest absolute Gasteiger partial charge is 0.411 e. The highest BCUT2D eigenvalue weighted by molar-refractivity contribution is 5.96. The first-order chi connectivity index (χ1) is 14.5. The lowest BCUT2D eigenvalue weighted by atomic mass is 9.97. The van der Waals surface area contributed by atoms with Crippen molar-refractivity contribution in [3.05, 3.63) is 23.5 Å². The molecule has 172 valence electrons. The van der Waals surface area contributed by atoms with E-state index in [4.69, 9.17) is 10.5 Å². The van der Waals surface area contributed by atoms with Gasteiger partial charge in [0.25, 0.3) is 0 Å². The van der Waals surface area contributed by atoms with E-state index in [0.717, 1.165) is 12.1 Å². The summed E-state index contributed by atoms with van der Waals surface area (Å²) in [6.07, 6.45) is -5.43. The van der Waals surface area contributed by atoms with Crippen LogP contribution in [0, 0.1) is 5.82 Å². The average molecular weight is 451 g/mol. The first-order valence-electron chi connectivity index (χ1n) is 8.77. The summed E-state index contributed by atoms with van der Waals surface area (Å²) in [6, 6.07) is 1.74. The number of carbonyl (C=O) groups excluding carboxylic acids is 4. The Bertz CT molecular complexity index is 819. The fraction of sp³-hybridized carbons (Fsp3) is 0.412. The highest BCUT2D eigenvalue weighted by Crippen LogP contribution is 2.31. The molecule has 31 heavy (non-hydrogen) atoms. The van der Waals surface area contributed by atoms with Gasteiger partial charge in [0, 0.05) is 6.54 Å². The number of hydrogen-bond donors (Lipinski definition) is 5. The van der Waals surface area contributed by atoms with Crippen LogP contribution in [0.1, 0.15) is 18.4 Å². The van der Waals surface area contributed by atoms with Gasteiger partial charge in [-0.05, 0) is 24.6 Å². The second-order valence-corrected chi connectivity index (χ2v) is 6.07. The maximum atomic E-state index is 14.5. The predicted molar refractivity (Wildman–Crippen MR) is 101 cm³/mol. The highest BCUT2D eigenvalue weighted by atomic mass is 19.4. The summed E-state index contributed by atoms with van der Waals surface area (Å²) in [6.45, 7) is -1.03. The van der Waals surface area contributed by atoms with Crippen molar-refractivity contribution in [1.82, 2.24) is 10.6 Å². The quantitative estimate of drug-likeness (QED) is 0.262. The monoisotopic (exact) mass is 451 g/mol. The number of halogens is 4. The molecule has 0 aliphatic heterocycles. The standard InChI is InChI=1S/C17H21F4N5O5/c1-9(15(29)24-7-17(19,20)21)10-4-11(18)13(25-14(28)6-23-8-27)5-12(10)26-16(30)31-3-2-22/h4-5,8-9H,2-3,6-7,22H2,1H3,(H,23,27)(H,24,29)(H,25,28)(H,26,30). The van der Waals surface area contributed by atoms with E-state index >= 15 is 0 Å². The van der Waals surface area contributed by atoms with Crippen molar-refractivity contribution in [1.29, 1.82) is 0 Å². The fourth-order valence-corrected chi connectivity index (χ4v) is 2.26. The maximum Gasteiger partial charge on any atom is 0.411 e. The number of anilines is 2. The molecule has 0 aliphatic rings. The van der Waals surface area contributed by atoms with Crippen LogP contribution in [0.2, 0.25) is 0 Å². The van der Waals surface area contributed by atoms with Crippen LogP contribution in [-0.2, 0) is 19.1 Å². The van der Waals surface area contributed by atoms with E-state index in [2.05, 4.69) is 16.0 Å². The van der Waals surface area contributed by atoms with Crippen LogP contribution in [0.4, 0.5) is 33.7 Å². The minimum atomic E-state index is -4.66. The predicted octanol–water partition coefficient (Wildman–Crippen LogP) is 0.799. The maximum absolute atomic E-state index is 14.5. The number of ether oxygens (including phenoxy) is 1. The van der Waals surface area contributed by atoms with Gasteiger partial charge in [0.15, 0.2) is 0 Å².